The van der Waals surface area contributed by atoms with E-state index in [4.69, 9.17) is 10.5 Å². The molecule has 1 saturated heterocycles. The summed E-state index contributed by atoms with van der Waals surface area (Å²) in [5, 5.41) is 0. The van der Waals surface area contributed by atoms with E-state index in [0.29, 0.717) is 6.04 Å². The number of benzene rings is 1. The zero-order valence-electron chi connectivity index (χ0n) is 11.7. The summed E-state index contributed by atoms with van der Waals surface area (Å²) in [7, 11) is 1.67. The summed E-state index contributed by atoms with van der Waals surface area (Å²) in [5.41, 5.74) is 7.73. The van der Waals surface area contributed by atoms with E-state index < -0.39 is 0 Å². The van der Waals surface area contributed by atoms with Gasteiger partial charge in [-0.25, -0.2) is 0 Å². The number of likely N-dealkylation sites (tertiary alicyclic amines) is 1. The van der Waals surface area contributed by atoms with Gasteiger partial charge in [-0.3, -0.25) is 9.69 Å². The Hall–Kier alpha value is -1.39. The molecule has 4 nitrogen and oxygen atoms in total. The molecular weight excluding hydrogens is 240 g/mol. The highest BCUT2D eigenvalue weighted by molar-refractivity contribution is 5.94. The maximum atomic E-state index is 11.5. The summed E-state index contributed by atoms with van der Waals surface area (Å²) in [5.74, 6) is 0.935. The fourth-order valence-electron chi connectivity index (χ4n) is 2.47. The molecule has 19 heavy (non-hydrogen) atoms. The highest BCUT2D eigenvalue weighted by Gasteiger charge is 2.18. The van der Waals surface area contributed by atoms with Gasteiger partial charge in [0.25, 0.3) is 0 Å². The Morgan fingerprint density at radius 2 is 2.11 bits per heavy atom. The number of hydrogen-bond acceptors (Lipinski definition) is 4. The summed E-state index contributed by atoms with van der Waals surface area (Å²) in [6.07, 6.45) is 2.07. The average molecular weight is 262 g/mol. The van der Waals surface area contributed by atoms with E-state index in [-0.39, 0.29) is 5.78 Å². The molecule has 1 aromatic rings. The van der Waals surface area contributed by atoms with Gasteiger partial charge in [-0.1, -0.05) is 0 Å². The third-order valence-corrected chi connectivity index (χ3v) is 3.71. The monoisotopic (exact) mass is 262 g/mol. The molecule has 1 aromatic carbocycles. The van der Waals surface area contributed by atoms with Crippen molar-refractivity contribution in [1.29, 1.82) is 0 Å². The lowest BCUT2D eigenvalue weighted by molar-refractivity contribution is 0.101. The van der Waals surface area contributed by atoms with Gasteiger partial charge in [0.05, 0.1) is 7.11 Å². The van der Waals surface area contributed by atoms with E-state index in [1.165, 1.54) is 0 Å². The molecule has 0 aromatic heterocycles. The number of nitrogens with two attached hydrogens (primary N) is 1. The molecule has 104 valence electrons. The molecule has 0 radical (unpaired) electrons. The summed E-state index contributed by atoms with van der Waals surface area (Å²) in [6.45, 7) is 4.42. The lowest BCUT2D eigenvalue weighted by Gasteiger charge is -2.30. The van der Waals surface area contributed by atoms with Gasteiger partial charge >= 0.3 is 0 Å². The second kappa shape index (κ2) is 6.17. The fraction of sp³-hybridized carbons (Fsp3) is 0.533. The van der Waals surface area contributed by atoms with Gasteiger partial charge < -0.3 is 10.5 Å². The first-order chi connectivity index (χ1) is 9.10. The van der Waals surface area contributed by atoms with Crippen molar-refractivity contribution in [3.05, 3.63) is 29.3 Å². The normalized spacial score (nSPS) is 17.4. The van der Waals surface area contributed by atoms with Crippen LogP contribution in [-0.2, 0) is 6.54 Å². The maximum absolute atomic E-state index is 11.5. The Kier molecular flexibility index (Phi) is 4.56. The van der Waals surface area contributed by atoms with Gasteiger partial charge in [0, 0.05) is 23.7 Å². The molecule has 0 aliphatic carbocycles. The molecule has 0 bridgehead atoms. The molecule has 1 heterocycles. The van der Waals surface area contributed by atoms with Crippen LogP contribution in [0, 0.1) is 0 Å². The second-order valence-corrected chi connectivity index (χ2v) is 5.20. The number of carbonyl (C=O) groups excluding carboxylic acids is 1. The van der Waals surface area contributed by atoms with Crippen LogP contribution in [0.25, 0.3) is 0 Å². The van der Waals surface area contributed by atoms with E-state index >= 15 is 0 Å². The molecule has 1 fully saturated rings. The van der Waals surface area contributed by atoms with Crippen LogP contribution in [-0.4, -0.2) is 36.9 Å². The molecule has 0 atom stereocenters. The van der Waals surface area contributed by atoms with Gasteiger partial charge in [-0.05, 0) is 51.1 Å². The lowest BCUT2D eigenvalue weighted by Crippen LogP contribution is -2.39. The van der Waals surface area contributed by atoms with Crippen LogP contribution in [0.15, 0.2) is 18.2 Å². The smallest absolute Gasteiger partial charge is 0.159 e. The van der Waals surface area contributed by atoms with Crippen molar-refractivity contribution in [3.63, 3.8) is 0 Å². The summed E-state index contributed by atoms with van der Waals surface area (Å²) < 4.78 is 5.38. The quantitative estimate of drug-likeness (QED) is 0.841. The van der Waals surface area contributed by atoms with Gasteiger partial charge in [0.1, 0.15) is 5.75 Å². The van der Waals surface area contributed by atoms with Crippen molar-refractivity contribution in [1.82, 2.24) is 4.90 Å². The second-order valence-electron chi connectivity index (χ2n) is 5.20. The number of rotatable bonds is 4. The van der Waals surface area contributed by atoms with Crippen LogP contribution >= 0.6 is 0 Å². The number of nitrogens with zero attached hydrogens (tertiary/aromatic N) is 1. The summed E-state index contributed by atoms with van der Waals surface area (Å²) in [6, 6.07) is 5.97. The topological polar surface area (TPSA) is 55.6 Å². The van der Waals surface area contributed by atoms with Gasteiger partial charge in [-0.2, -0.15) is 0 Å². The minimum Gasteiger partial charge on any atom is -0.496 e. The molecule has 0 unspecified atom stereocenters. The predicted molar refractivity (Wildman–Crippen MR) is 75.5 cm³/mol. The van der Waals surface area contributed by atoms with Crippen molar-refractivity contribution in [2.45, 2.75) is 32.4 Å². The maximum Gasteiger partial charge on any atom is 0.159 e. The van der Waals surface area contributed by atoms with Crippen LogP contribution in [0.5, 0.6) is 5.75 Å². The van der Waals surface area contributed by atoms with Crippen molar-refractivity contribution >= 4 is 5.78 Å². The van der Waals surface area contributed by atoms with Crippen LogP contribution in [0.4, 0.5) is 0 Å². The molecule has 1 aliphatic rings. The highest BCUT2D eigenvalue weighted by Crippen LogP contribution is 2.23. The standard InChI is InChI=1S/C15H22N2O2/c1-11(18)12-3-4-15(19-2)13(9-12)10-17-7-5-14(16)6-8-17/h3-4,9,14H,5-8,10,16H2,1-2H3. The summed E-state index contributed by atoms with van der Waals surface area (Å²) in [4.78, 5) is 13.8. The van der Waals surface area contributed by atoms with E-state index in [9.17, 15) is 4.79 Å². The van der Waals surface area contributed by atoms with Gasteiger partial charge in [0.15, 0.2) is 5.78 Å². The van der Waals surface area contributed by atoms with Crippen LogP contribution in [0.1, 0.15) is 35.7 Å². The van der Waals surface area contributed by atoms with Crippen molar-refractivity contribution in [3.8, 4) is 5.75 Å². The number of hydrogen-bond donors (Lipinski definition) is 1. The van der Waals surface area contributed by atoms with Crippen LogP contribution < -0.4 is 10.5 Å². The van der Waals surface area contributed by atoms with Gasteiger partial charge in [0.2, 0.25) is 0 Å². The Labute approximate surface area is 114 Å². The number of carbonyl (C=O) groups is 1. The van der Waals surface area contributed by atoms with Crippen molar-refractivity contribution < 1.29 is 9.53 Å². The summed E-state index contributed by atoms with van der Waals surface area (Å²) >= 11 is 0. The van der Waals surface area contributed by atoms with E-state index in [0.717, 1.165) is 49.4 Å². The van der Waals surface area contributed by atoms with E-state index in [1.54, 1.807) is 14.0 Å². The van der Waals surface area contributed by atoms with E-state index in [2.05, 4.69) is 4.90 Å². The zero-order chi connectivity index (χ0) is 13.8. The van der Waals surface area contributed by atoms with Gasteiger partial charge in [-0.15, -0.1) is 0 Å². The predicted octanol–water partition coefficient (Wildman–Crippen LogP) is 1.82. The first-order valence-electron chi connectivity index (χ1n) is 6.76. The lowest BCUT2D eigenvalue weighted by atomic mass is 10.0. The Morgan fingerprint density at radius 1 is 1.42 bits per heavy atom. The molecule has 0 spiro atoms. The third-order valence-electron chi connectivity index (χ3n) is 3.71. The molecule has 0 amide bonds. The number of ketones is 1. The Balaban J connectivity index is 2.13. The SMILES string of the molecule is COc1ccc(C(C)=O)cc1CN1CCC(N)CC1. The first-order valence-corrected chi connectivity index (χ1v) is 6.76. The largest absolute Gasteiger partial charge is 0.496 e. The Bertz CT molecular complexity index is 451. The first kappa shape index (κ1) is 14.0. The minimum atomic E-state index is 0.0876. The number of ether oxygens (including phenoxy) is 1. The minimum absolute atomic E-state index is 0.0876. The number of piperidine rings is 1. The molecule has 2 rings (SSSR count). The van der Waals surface area contributed by atoms with Crippen molar-refractivity contribution in [2.24, 2.45) is 5.73 Å². The number of methoxy groups -OCH3 is 1. The number of Topliss-reactive ketones (excluding diaryl/α,β-unsaturated/α-hetero) is 1. The highest BCUT2D eigenvalue weighted by atomic mass is 16.5. The van der Waals surface area contributed by atoms with Crippen LogP contribution in [0.3, 0.4) is 0 Å². The van der Waals surface area contributed by atoms with Crippen LogP contribution in [0.2, 0.25) is 0 Å². The average Bonchev–Trinajstić information content (AvgIpc) is 2.41. The molecular formula is C15H22N2O2. The Morgan fingerprint density at radius 3 is 2.68 bits per heavy atom. The molecule has 1 aliphatic heterocycles. The molecule has 4 heteroatoms. The molecule has 0 saturated carbocycles. The third kappa shape index (κ3) is 3.55. The van der Waals surface area contributed by atoms with E-state index in [1.807, 2.05) is 18.2 Å². The zero-order valence-corrected chi connectivity index (χ0v) is 11.7. The van der Waals surface area contributed by atoms with Crippen molar-refractivity contribution in [2.75, 3.05) is 20.2 Å². The molecule has 2 N–H and O–H groups in total. The fourth-order valence-corrected chi connectivity index (χ4v) is 2.47.